The Bertz CT molecular complexity index is 310. The number of likely N-dealkylation sites (tertiary alicyclic amines) is 1. The van der Waals surface area contributed by atoms with E-state index in [2.05, 4.69) is 29.0 Å². The number of nitrogens with one attached hydrogen (secondary N) is 1. The summed E-state index contributed by atoms with van der Waals surface area (Å²) in [5, 5.41) is 3.32. The Morgan fingerprint density at radius 1 is 1.62 bits per heavy atom. The van der Waals surface area contributed by atoms with Crippen LogP contribution in [0.15, 0.2) is 11.7 Å². The van der Waals surface area contributed by atoms with Gasteiger partial charge in [0.25, 0.3) is 0 Å². The van der Waals surface area contributed by atoms with Crippen LogP contribution in [0.1, 0.15) is 31.2 Å². The Kier molecular flexibility index (Phi) is 3.95. The molecule has 0 amide bonds. The first kappa shape index (κ1) is 12.0. The molecule has 2 heterocycles. The van der Waals surface area contributed by atoms with E-state index in [1.165, 1.54) is 17.8 Å². The van der Waals surface area contributed by atoms with Gasteiger partial charge in [0, 0.05) is 17.1 Å². The SMILES string of the molecule is CNCC1CCN(C(C)C)C1c1cncs1. The second kappa shape index (κ2) is 5.25. The summed E-state index contributed by atoms with van der Waals surface area (Å²) in [5.41, 5.74) is 1.95. The average molecular weight is 239 g/mol. The summed E-state index contributed by atoms with van der Waals surface area (Å²) in [6.45, 7) is 6.89. The summed E-state index contributed by atoms with van der Waals surface area (Å²) in [7, 11) is 2.04. The van der Waals surface area contributed by atoms with E-state index >= 15 is 0 Å². The summed E-state index contributed by atoms with van der Waals surface area (Å²) < 4.78 is 0. The average Bonchev–Trinajstić information content (AvgIpc) is 2.84. The molecule has 1 N–H and O–H groups in total. The van der Waals surface area contributed by atoms with Gasteiger partial charge in [0.15, 0.2) is 0 Å². The van der Waals surface area contributed by atoms with Crippen LogP contribution in [-0.4, -0.2) is 36.1 Å². The quantitative estimate of drug-likeness (QED) is 0.872. The molecule has 90 valence electrons. The van der Waals surface area contributed by atoms with E-state index in [-0.39, 0.29) is 0 Å². The first-order valence-corrected chi connectivity index (χ1v) is 6.90. The molecular formula is C12H21N3S. The number of rotatable bonds is 4. The summed E-state index contributed by atoms with van der Waals surface area (Å²) in [4.78, 5) is 8.26. The van der Waals surface area contributed by atoms with Crippen molar-refractivity contribution < 1.29 is 0 Å². The highest BCUT2D eigenvalue weighted by atomic mass is 32.1. The van der Waals surface area contributed by atoms with Crippen molar-refractivity contribution in [3.8, 4) is 0 Å². The molecule has 3 nitrogen and oxygen atoms in total. The number of hydrogen-bond acceptors (Lipinski definition) is 4. The van der Waals surface area contributed by atoms with Gasteiger partial charge in [-0.3, -0.25) is 9.88 Å². The van der Waals surface area contributed by atoms with Crippen LogP contribution in [0.25, 0.3) is 0 Å². The highest BCUT2D eigenvalue weighted by Gasteiger charge is 2.36. The molecule has 4 heteroatoms. The lowest BCUT2D eigenvalue weighted by Gasteiger charge is -2.30. The molecule has 0 radical (unpaired) electrons. The molecule has 1 aliphatic heterocycles. The smallest absolute Gasteiger partial charge is 0.0794 e. The first-order valence-electron chi connectivity index (χ1n) is 6.02. The number of thiazole rings is 1. The Hall–Kier alpha value is -0.450. The zero-order valence-electron chi connectivity index (χ0n) is 10.3. The van der Waals surface area contributed by atoms with Crippen molar-refractivity contribution in [2.24, 2.45) is 5.92 Å². The molecule has 1 saturated heterocycles. The Balaban J connectivity index is 2.19. The van der Waals surface area contributed by atoms with Crippen molar-refractivity contribution in [3.63, 3.8) is 0 Å². The third-order valence-corrected chi connectivity index (χ3v) is 4.28. The highest BCUT2D eigenvalue weighted by molar-refractivity contribution is 7.09. The lowest BCUT2D eigenvalue weighted by molar-refractivity contribution is 0.185. The van der Waals surface area contributed by atoms with E-state index < -0.39 is 0 Å². The second-order valence-electron chi connectivity index (χ2n) is 4.79. The Labute approximate surface area is 102 Å². The number of hydrogen-bond donors (Lipinski definition) is 1. The van der Waals surface area contributed by atoms with Crippen LogP contribution in [0.5, 0.6) is 0 Å². The zero-order chi connectivity index (χ0) is 11.5. The van der Waals surface area contributed by atoms with Crippen LogP contribution >= 0.6 is 11.3 Å². The molecule has 0 bridgehead atoms. The predicted octanol–water partition coefficient (Wildman–Crippen LogP) is 2.13. The number of nitrogens with zero attached hydrogens (tertiary/aromatic N) is 2. The minimum atomic E-state index is 0.569. The predicted molar refractivity (Wildman–Crippen MR) is 68.7 cm³/mol. The molecule has 16 heavy (non-hydrogen) atoms. The molecule has 2 rings (SSSR count). The van der Waals surface area contributed by atoms with Gasteiger partial charge in [0.05, 0.1) is 11.6 Å². The summed E-state index contributed by atoms with van der Waals surface area (Å²) in [5.74, 6) is 0.729. The van der Waals surface area contributed by atoms with E-state index in [0.717, 1.165) is 12.5 Å². The van der Waals surface area contributed by atoms with Crippen molar-refractivity contribution in [2.45, 2.75) is 32.4 Å². The van der Waals surface area contributed by atoms with E-state index in [1.54, 1.807) is 11.3 Å². The summed E-state index contributed by atoms with van der Waals surface area (Å²) in [6, 6.07) is 1.19. The third-order valence-electron chi connectivity index (χ3n) is 3.43. The van der Waals surface area contributed by atoms with Crippen LogP contribution in [0.2, 0.25) is 0 Å². The molecule has 1 aliphatic rings. The Morgan fingerprint density at radius 3 is 3.00 bits per heavy atom. The molecule has 0 aliphatic carbocycles. The van der Waals surface area contributed by atoms with Gasteiger partial charge in [0.1, 0.15) is 0 Å². The first-order chi connectivity index (χ1) is 7.74. The topological polar surface area (TPSA) is 28.2 Å². The van der Waals surface area contributed by atoms with Crippen molar-refractivity contribution in [2.75, 3.05) is 20.1 Å². The van der Waals surface area contributed by atoms with Gasteiger partial charge in [-0.25, -0.2) is 0 Å². The third kappa shape index (κ3) is 2.29. The molecule has 0 aromatic carbocycles. The van der Waals surface area contributed by atoms with Gasteiger partial charge in [-0.1, -0.05) is 0 Å². The lowest BCUT2D eigenvalue weighted by atomic mass is 9.99. The normalized spacial score (nSPS) is 26.8. The summed E-state index contributed by atoms with van der Waals surface area (Å²) in [6.07, 6.45) is 3.33. The molecular weight excluding hydrogens is 218 g/mol. The van der Waals surface area contributed by atoms with E-state index in [1.807, 2.05) is 18.8 Å². The zero-order valence-corrected chi connectivity index (χ0v) is 11.1. The monoisotopic (exact) mass is 239 g/mol. The van der Waals surface area contributed by atoms with Crippen molar-refractivity contribution in [1.82, 2.24) is 15.2 Å². The van der Waals surface area contributed by atoms with Gasteiger partial charge in [-0.15, -0.1) is 11.3 Å². The van der Waals surface area contributed by atoms with Gasteiger partial charge in [-0.05, 0) is 46.3 Å². The van der Waals surface area contributed by atoms with Crippen LogP contribution < -0.4 is 5.32 Å². The van der Waals surface area contributed by atoms with E-state index in [0.29, 0.717) is 12.1 Å². The highest BCUT2D eigenvalue weighted by Crippen LogP contribution is 2.39. The van der Waals surface area contributed by atoms with Crippen molar-refractivity contribution in [1.29, 1.82) is 0 Å². The van der Waals surface area contributed by atoms with Gasteiger partial charge < -0.3 is 5.32 Å². The van der Waals surface area contributed by atoms with Crippen molar-refractivity contribution >= 4 is 11.3 Å². The standard InChI is InChI=1S/C12H21N3S/c1-9(2)15-5-4-10(6-13-3)12(15)11-7-14-8-16-11/h7-10,12-13H,4-6H2,1-3H3. The minimum Gasteiger partial charge on any atom is -0.319 e. The maximum absolute atomic E-state index is 4.23. The van der Waals surface area contributed by atoms with E-state index in [4.69, 9.17) is 0 Å². The van der Waals surface area contributed by atoms with Crippen LogP contribution in [0.4, 0.5) is 0 Å². The molecule has 0 spiro atoms. The number of aromatic nitrogens is 1. The summed E-state index contributed by atoms with van der Waals surface area (Å²) >= 11 is 1.79. The van der Waals surface area contributed by atoms with Gasteiger partial charge in [-0.2, -0.15) is 0 Å². The lowest BCUT2D eigenvalue weighted by Crippen LogP contribution is -2.33. The Morgan fingerprint density at radius 2 is 2.44 bits per heavy atom. The fourth-order valence-corrected chi connectivity index (χ4v) is 3.54. The molecule has 2 atom stereocenters. The van der Waals surface area contributed by atoms with Crippen LogP contribution in [0, 0.1) is 5.92 Å². The maximum Gasteiger partial charge on any atom is 0.0794 e. The molecule has 2 unspecified atom stereocenters. The van der Waals surface area contributed by atoms with Gasteiger partial charge >= 0.3 is 0 Å². The molecule has 0 saturated carbocycles. The van der Waals surface area contributed by atoms with Gasteiger partial charge in [0.2, 0.25) is 0 Å². The minimum absolute atomic E-state index is 0.569. The largest absolute Gasteiger partial charge is 0.319 e. The fourth-order valence-electron chi connectivity index (χ4n) is 2.71. The van der Waals surface area contributed by atoms with Crippen LogP contribution in [0.3, 0.4) is 0 Å². The molecule has 1 aromatic heterocycles. The molecule has 1 fully saturated rings. The van der Waals surface area contributed by atoms with Crippen LogP contribution in [-0.2, 0) is 0 Å². The molecule has 1 aromatic rings. The van der Waals surface area contributed by atoms with E-state index in [9.17, 15) is 0 Å². The second-order valence-corrected chi connectivity index (χ2v) is 5.70. The van der Waals surface area contributed by atoms with Crippen molar-refractivity contribution in [3.05, 3.63) is 16.6 Å². The fraction of sp³-hybridized carbons (Fsp3) is 0.750. The maximum atomic E-state index is 4.23.